The fourth-order valence-electron chi connectivity index (χ4n) is 3.32. The van der Waals surface area contributed by atoms with E-state index in [4.69, 9.17) is 4.74 Å². The zero-order valence-electron chi connectivity index (χ0n) is 18.6. The molecule has 1 aromatic rings. The van der Waals surface area contributed by atoms with Gasteiger partial charge in [-0.05, 0) is 51.3 Å². The molecule has 0 bridgehead atoms. The smallest absolute Gasteiger partial charge is 0.408 e. The van der Waals surface area contributed by atoms with E-state index in [2.05, 4.69) is 10.6 Å². The number of ether oxygens (including phenoxy) is 1. The first-order valence-electron chi connectivity index (χ1n) is 10.5. The van der Waals surface area contributed by atoms with Gasteiger partial charge in [-0.1, -0.05) is 12.1 Å². The van der Waals surface area contributed by atoms with Gasteiger partial charge in [-0.15, -0.1) is 0 Å². The van der Waals surface area contributed by atoms with Crippen molar-refractivity contribution in [3.05, 3.63) is 29.8 Å². The number of carboxylic acid groups (broad SMARTS) is 1. The van der Waals surface area contributed by atoms with E-state index in [1.165, 1.54) is 12.1 Å². The van der Waals surface area contributed by atoms with Crippen molar-refractivity contribution in [2.75, 3.05) is 19.6 Å². The number of aromatic hydroxyl groups is 1. The minimum absolute atomic E-state index is 0.0762. The van der Waals surface area contributed by atoms with Crippen LogP contribution in [0.25, 0.3) is 0 Å². The molecule has 0 aromatic heterocycles. The van der Waals surface area contributed by atoms with E-state index in [1.54, 1.807) is 37.8 Å². The maximum atomic E-state index is 12.6. The summed E-state index contributed by atoms with van der Waals surface area (Å²) in [5, 5.41) is 23.8. The van der Waals surface area contributed by atoms with Crippen LogP contribution in [0.4, 0.5) is 4.79 Å². The van der Waals surface area contributed by atoms with Crippen LogP contribution in [0.1, 0.15) is 39.2 Å². The van der Waals surface area contributed by atoms with E-state index >= 15 is 0 Å². The Hall–Kier alpha value is -3.30. The van der Waals surface area contributed by atoms with Gasteiger partial charge in [0.2, 0.25) is 11.8 Å². The maximum Gasteiger partial charge on any atom is 0.408 e. The van der Waals surface area contributed by atoms with E-state index in [0.717, 1.165) is 0 Å². The lowest BCUT2D eigenvalue weighted by molar-refractivity contribution is -0.143. The standard InChI is InChI=1S/C22H31N3O7/c1-22(2,3)32-21(31)23-13-18(27)25-10-8-15(9-11-25)19(28)24-17(20(29)30)12-14-4-6-16(26)7-5-14/h4-7,15,17,26H,8-13H2,1-3H3,(H,23,31)(H,24,28)(H,29,30)/t17-/m0/s1. The highest BCUT2D eigenvalue weighted by molar-refractivity contribution is 5.86. The molecule has 4 N–H and O–H groups in total. The molecule has 0 saturated carbocycles. The lowest BCUT2D eigenvalue weighted by Gasteiger charge is -2.32. The van der Waals surface area contributed by atoms with Gasteiger partial charge in [0.1, 0.15) is 23.9 Å². The Labute approximate surface area is 186 Å². The predicted octanol–water partition coefficient (Wildman–Crippen LogP) is 1.27. The molecule has 2 rings (SSSR count). The van der Waals surface area contributed by atoms with Crippen LogP contribution in [0.15, 0.2) is 24.3 Å². The van der Waals surface area contributed by atoms with Crippen LogP contribution in [0.2, 0.25) is 0 Å². The molecule has 1 heterocycles. The van der Waals surface area contributed by atoms with Gasteiger partial charge >= 0.3 is 12.1 Å². The van der Waals surface area contributed by atoms with Gasteiger partial charge in [0.15, 0.2) is 0 Å². The zero-order chi connectivity index (χ0) is 23.9. The van der Waals surface area contributed by atoms with Crippen molar-refractivity contribution in [3.8, 4) is 5.75 Å². The molecule has 32 heavy (non-hydrogen) atoms. The number of phenols is 1. The van der Waals surface area contributed by atoms with Crippen LogP contribution in [0.5, 0.6) is 5.75 Å². The molecule has 0 radical (unpaired) electrons. The lowest BCUT2D eigenvalue weighted by Crippen LogP contribution is -2.49. The number of nitrogens with one attached hydrogen (secondary N) is 2. The second-order valence-corrected chi connectivity index (χ2v) is 8.78. The van der Waals surface area contributed by atoms with E-state index in [-0.39, 0.29) is 30.5 Å². The van der Waals surface area contributed by atoms with Crippen molar-refractivity contribution in [1.82, 2.24) is 15.5 Å². The molecule has 10 nitrogen and oxygen atoms in total. The van der Waals surface area contributed by atoms with Crippen molar-refractivity contribution >= 4 is 23.9 Å². The number of phenolic OH excluding ortho intramolecular Hbond substituents is 1. The van der Waals surface area contributed by atoms with Gasteiger partial charge < -0.3 is 30.5 Å². The molecule has 176 valence electrons. The largest absolute Gasteiger partial charge is 0.508 e. The van der Waals surface area contributed by atoms with Crippen molar-refractivity contribution < 1.29 is 34.1 Å². The van der Waals surface area contributed by atoms with Gasteiger partial charge in [-0.2, -0.15) is 0 Å². The molecule has 0 aliphatic carbocycles. The van der Waals surface area contributed by atoms with Gasteiger partial charge in [0.25, 0.3) is 0 Å². The molecule has 3 amide bonds. The van der Waals surface area contributed by atoms with E-state index in [9.17, 15) is 29.4 Å². The lowest BCUT2D eigenvalue weighted by atomic mass is 9.95. The van der Waals surface area contributed by atoms with Crippen LogP contribution < -0.4 is 10.6 Å². The number of carbonyl (C=O) groups is 4. The second kappa shape index (κ2) is 10.8. The third kappa shape index (κ3) is 8.09. The Morgan fingerprint density at radius 1 is 1.12 bits per heavy atom. The number of alkyl carbamates (subject to hydrolysis) is 1. The summed E-state index contributed by atoms with van der Waals surface area (Å²) >= 11 is 0. The third-order valence-corrected chi connectivity index (χ3v) is 4.99. The number of carbonyl (C=O) groups excluding carboxylic acids is 3. The van der Waals surface area contributed by atoms with Crippen molar-refractivity contribution in [2.45, 2.75) is 51.7 Å². The van der Waals surface area contributed by atoms with Gasteiger partial charge in [0.05, 0.1) is 0 Å². The highest BCUT2D eigenvalue weighted by atomic mass is 16.6. The summed E-state index contributed by atoms with van der Waals surface area (Å²) in [5.74, 6) is -2.11. The fourth-order valence-corrected chi connectivity index (χ4v) is 3.32. The molecule has 1 aliphatic heterocycles. The Bertz CT molecular complexity index is 825. The maximum absolute atomic E-state index is 12.6. The Morgan fingerprint density at radius 2 is 1.72 bits per heavy atom. The zero-order valence-corrected chi connectivity index (χ0v) is 18.6. The molecule has 1 atom stereocenters. The summed E-state index contributed by atoms with van der Waals surface area (Å²) in [6.07, 6.45) is 0.216. The highest BCUT2D eigenvalue weighted by Crippen LogP contribution is 2.18. The SMILES string of the molecule is CC(C)(C)OC(=O)NCC(=O)N1CCC(C(=O)N[C@@H](Cc2ccc(O)cc2)C(=O)O)CC1. The van der Waals surface area contributed by atoms with Crippen molar-refractivity contribution in [2.24, 2.45) is 5.92 Å². The monoisotopic (exact) mass is 449 g/mol. The van der Waals surface area contributed by atoms with Crippen LogP contribution in [-0.2, 0) is 25.5 Å². The average molecular weight is 450 g/mol. The number of hydrogen-bond acceptors (Lipinski definition) is 6. The number of hydrogen-bond donors (Lipinski definition) is 4. The Morgan fingerprint density at radius 3 is 2.25 bits per heavy atom. The molecule has 0 unspecified atom stereocenters. The molecule has 1 saturated heterocycles. The average Bonchev–Trinajstić information content (AvgIpc) is 2.71. The van der Waals surface area contributed by atoms with Crippen LogP contribution >= 0.6 is 0 Å². The highest BCUT2D eigenvalue weighted by Gasteiger charge is 2.30. The van der Waals surface area contributed by atoms with E-state index in [1.807, 2.05) is 0 Å². The number of nitrogens with zero attached hydrogens (tertiary/aromatic N) is 1. The minimum Gasteiger partial charge on any atom is -0.508 e. The first kappa shape index (κ1) is 25.0. The molecule has 1 aromatic carbocycles. The Balaban J connectivity index is 1.80. The molecule has 0 spiro atoms. The first-order valence-corrected chi connectivity index (χ1v) is 10.5. The number of carboxylic acids is 1. The van der Waals surface area contributed by atoms with Crippen molar-refractivity contribution in [1.29, 1.82) is 0 Å². The minimum atomic E-state index is -1.15. The molecular formula is C22H31N3O7. The summed E-state index contributed by atoms with van der Waals surface area (Å²) in [5.41, 5.74) is 0.0166. The summed E-state index contributed by atoms with van der Waals surface area (Å²) < 4.78 is 5.09. The summed E-state index contributed by atoms with van der Waals surface area (Å²) in [4.78, 5) is 49.7. The summed E-state index contributed by atoms with van der Waals surface area (Å²) in [7, 11) is 0. The molecule has 10 heteroatoms. The van der Waals surface area contributed by atoms with Crippen LogP contribution in [-0.4, -0.2) is 70.3 Å². The number of rotatable bonds is 7. The van der Waals surface area contributed by atoms with E-state index < -0.39 is 29.6 Å². The molecule has 1 aliphatic rings. The third-order valence-electron chi connectivity index (χ3n) is 4.99. The topological polar surface area (TPSA) is 145 Å². The predicted molar refractivity (Wildman–Crippen MR) is 115 cm³/mol. The second-order valence-electron chi connectivity index (χ2n) is 8.78. The fraction of sp³-hybridized carbons (Fsp3) is 0.545. The number of benzene rings is 1. The quantitative estimate of drug-likeness (QED) is 0.490. The summed E-state index contributed by atoms with van der Waals surface area (Å²) in [6, 6.07) is 5.03. The molecular weight excluding hydrogens is 418 g/mol. The van der Waals surface area contributed by atoms with Crippen molar-refractivity contribution in [3.63, 3.8) is 0 Å². The first-order chi connectivity index (χ1) is 14.9. The normalized spacial score (nSPS) is 15.5. The van der Waals surface area contributed by atoms with Crippen LogP contribution in [0.3, 0.4) is 0 Å². The van der Waals surface area contributed by atoms with E-state index in [0.29, 0.717) is 31.5 Å². The Kier molecular flexibility index (Phi) is 8.45. The molecule has 1 fully saturated rings. The van der Waals surface area contributed by atoms with Crippen LogP contribution in [0, 0.1) is 5.92 Å². The van der Waals surface area contributed by atoms with Gasteiger partial charge in [-0.3, -0.25) is 9.59 Å². The number of amides is 3. The number of aliphatic carboxylic acids is 1. The number of likely N-dealkylation sites (tertiary alicyclic amines) is 1. The van der Waals surface area contributed by atoms with Gasteiger partial charge in [-0.25, -0.2) is 9.59 Å². The number of piperidine rings is 1. The summed E-state index contributed by atoms with van der Waals surface area (Å²) in [6.45, 7) is 5.66. The van der Waals surface area contributed by atoms with Gasteiger partial charge in [0, 0.05) is 25.4 Å².